The molecule has 8 rings (SSSR count). The van der Waals surface area contributed by atoms with Crippen LogP contribution in [0.2, 0.25) is 5.02 Å². The molecule has 0 radical (unpaired) electrons. The standard InChI is InChI=1S/C42H29ClF3NO3/c1-24-13-17-26(18-14-24)33-34(27-19-15-25(2)16-20-27)41(29-11-7-4-8-12-29)36-35(40(33,39(41)50)28-9-5-3-6-10-28)37(48)47(38(36)49)30-21-22-32(43)31(23-30)42(44,45)46/h3-23,35-36H,1-2H3/t35-,36+,40-,41-/m1/s1. The van der Waals surface area contributed by atoms with E-state index >= 15 is 14.4 Å². The van der Waals surface area contributed by atoms with E-state index < -0.39 is 51.2 Å². The number of nitrogens with zero attached hydrogens (tertiary/aromatic N) is 1. The molecule has 2 bridgehead atoms. The van der Waals surface area contributed by atoms with Crippen LogP contribution in [-0.2, 0) is 31.4 Å². The van der Waals surface area contributed by atoms with Crippen LogP contribution in [0.1, 0.15) is 38.9 Å². The third-order valence-corrected chi connectivity index (χ3v) is 11.0. The molecule has 4 nitrogen and oxygen atoms in total. The second-order valence-corrected chi connectivity index (χ2v) is 13.7. The number of allylic oxidation sites excluding steroid dienone is 2. The van der Waals surface area contributed by atoms with Crippen molar-refractivity contribution in [1.82, 2.24) is 0 Å². The Morgan fingerprint density at radius 3 is 1.42 bits per heavy atom. The minimum atomic E-state index is -4.83. The number of anilines is 1. The van der Waals surface area contributed by atoms with Gasteiger partial charge in [-0.05, 0) is 65.4 Å². The molecule has 0 spiro atoms. The third-order valence-electron chi connectivity index (χ3n) is 10.6. The van der Waals surface area contributed by atoms with Gasteiger partial charge >= 0.3 is 6.18 Å². The van der Waals surface area contributed by atoms with Gasteiger partial charge in [0.05, 0.1) is 38.9 Å². The number of aryl methyl sites for hydroxylation is 2. The summed E-state index contributed by atoms with van der Waals surface area (Å²) < 4.78 is 42.3. The van der Waals surface area contributed by atoms with Gasteiger partial charge in [-0.2, -0.15) is 13.2 Å². The number of rotatable bonds is 5. The molecule has 2 aliphatic carbocycles. The van der Waals surface area contributed by atoms with Crippen molar-refractivity contribution < 1.29 is 27.6 Å². The Morgan fingerprint density at radius 1 is 0.600 bits per heavy atom. The molecule has 2 fully saturated rings. The average molecular weight is 688 g/mol. The lowest BCUT2D eigenvalue weighted by Crippen LogP contribution is -2.45. The first-order chi connectivity index (χ1) is 23.9. The van der Waals surface area contributed by atoms with E-state index in [1.807, 2.05) is 74.5 Å². The maximum absolute atomic E-state index is 16.0. The summed E-state index contributed by atoms with van der Waals surface area (Å²) in [5.41, 5.74) is 0.940. The SMILES string of the molecule is Cc1ccc(C2=C(c3ccc(C)cc3)[C@@]3(c4ccccc4)C(=O)[C@@]2(c2ccccc2)[C@@H]2C(=O)N(c4ccc(Cl)c(C(F)(F)F)c4)C(=O)[C@@H]23)cc1. The monoisotopic (exact) mass is 687 g/mol. The first-order valence-electron chi connectivity index (χ1n) is 16.2. The number of imide groups is 1. The van der Waals surface area contributed by atoms with Crippen molar-refractivity contribution in [3.63, 3.8) is 0 Å². The molecular weight excluding hydrogens is 659 g/mol. The smallest absolute Gasteiger partial charge is 0.297 e. The minimum absolute atomic E-state index is 0.252. The van der Waals surface area contributed by atoms with Crippen LogP contribution in [0.4, 0.5) is 18.9 Å². The lowest BCUT2D eigenvalue weighted by atomic mass is 9.59. The summed E-state index contributed by atoms with van der Waals surface area (Å²) in [6.45, 7) is 3.91. The maximum Gasteiger partial charge on any atom is 0.417 e. The van der Waals surface area contributed by atoms with Crippen LogP contribution < -0.4 is 4.90 Å². The molecule has 248 valence electrons. The van der Waals surface area contributed by atoms with E-state index in [4.69, 9.17) is 11.6 Å². The number of carbonyl (C=O) groups is 3. The number of alkyl halides is 3. The molecule has 0 unspecified atom stereocenters. The highest BCUT2D eigenvalue weighted by atomic mass is 35.5. The molecule has 8 heteroatoms. The van der Waals surface area contributed by atoms with Crippen molar-refractivity contribution in [3.8, 4) is 0 Å². The van der Waals surface area contributed by atoms with Gasteiger partial charge in [0.2, 0.25) is 11.8 Å². The molecule has 3 aliphatic rings. The molecule has 5 aromatic rings. The van der Waals surface area contributed by atoms with Crippen molar-refractivity contribution in [2.24, 2.45) is 11.8 Å². The number of hydrogen-bond acceptors (Lipinski definition) is 3. The summed E-state index contributed by atoms with van der Waals surface area (Å²) in [6.07, 6.45) is -4.83. The average Bonchev–Trinajstić information content (AvgIpc) is 3.61. The number of benzene rings is 5. The van der Waals surface area contributed by atoms with Crippen molar-refractivity contribution in [2.75, 3.05) is 4.90 Å². The molecule has 1 saturated carbocycles. The van der Waals surface area contributed by atoms with Gasteiger partial charge in [-0.25, -0.2) is 4.90 Å². The first kappa shape index (κ1) is 32.0. The van der Waals surface area contributed by atoms with Gasteiger partial charge in [-0.15, -0.1) is 0 Å². The van der Waals surface area contributed by atoms with E-state index in [0.717, 1.165) is 28.2 Å². The van der Waals surface area contributed by atoms with E-state index in [9.17, 15) is 13.2 Å². The van der Waals surface area contributed by atoms with E-state index in [2.05, 4.69) is 0 Å². The van der Waals surface area contributed by atoms with Gasteiger partial charge in [-0.3, -0.25) is 14.4 Å². The molecule has 0 N–H and O–H groups in total. The number of halogens is 4. The van der Waals surface area contributed by atoms with E-state index in [0.29, 0.717) is 33.4 Å². The van der Waals surface area contributed by atoms with Gasteiger partial charge in [0, 0.05) is 0 Å². The predicted octanol–water partition coefficient (Wildman–Crippen LogP) is 9.16. The molecule has 50 heavy (non-hydrogen) atoms. The molecule has 4 atom stereocenters. The summed E-state index contributed by atoms with van der Waals surface area (Å²) in [5.74, 6) is -4.31. The first-order valence-corrected chi connectivity index (χ1v) is 16.6. The zero-order valence-corrected chi connectivity index (χ0v) is 27.7. The largest absolute Gasteiger partial charge is 0.417 e. The van der Waals surface area contributed by atoms with Crippen LogP contribution in [0.5, 0.6) is 0 Å². The topological polar surface area (TPSA) is 54.5 Å². The molecule has 1 saturated heterocycles. The number of Topliss-reactive ketones (excluding diaryl/α,β-unsaturated/α-hetero) is 1. The van der Waals surface area contributed by atoms with E-state index in [1.165, 1.54) is 6.07 Å². The van der Waals surface area contributed by atoms with E-state index in [-0.39, 0.29) is 11.5 Å². The Morgan fingerprint density at radius 2 is 1.02 bits per heavy atom. The Labute approximate surface area is 291 Å². The Hall–Kier alpha value is -5.27. The Kier molecular flexibility index (Phi) is 7.11. The van der Waals surface area contributed by atoms with E-state index in [1.54, 1.807) is 48.5 Å². The summed E-state index contributed by atoms with van der Waals surface area (Å²) >= 11 is 5.97. The number of amides is 2. The molecule has 5 aromatic carbocycles. The normalized spacial score (nSPS) is 24.4. The van der Waals surface area contributed by atoms with Gasteiger partial charge in [0.25, 0.3) is 0 Å². The fourth-order valence-corrected chi connectivity index (χ4v) is 8.91. The minimum Gasteiger partial charge on any atom is -0.297 e. The summed E-state index contributed by atoms with van der Waals surface area (Å²) in [6, 6.07) is 36.5. The number of fused-ring (bicyclic) bond motifs is 5. The number of hydrogen-bond donors (Lipinski definition) is 0. The van der Waals surface area contributed by atoms with Crippen LogP contribution in [0, 0.1) is 25.7 Å². The fraction of sp³-hybridized carbons (Fsp3) is 0.167. The maximum atomic E-state index is 16.0. The molecule has 1 aliphatic heterocycles. The molecular formula is C42H29ClF3NO3. The van der Waals surface area contributed by atoms with Crippen molar-refractivity contribution >= 4 is 46.0 Å². The third kappa shape index (κ3) is 4.16. The lowest BCUT2D eigenvalue weighted by Gasteiger charge is -2.39. The highest BCUT2D eigenvalue weighted by molar-refractivity contribution is 6.39. The van der Waals surface area contributed by atoms with Gasteiger partial charge in [0.15, 0.2) is 5.78 Å². The van der Waals surface area contributed by atoms with Crippen LogP contribution in [0.25, 0.3) is 11.1 Å². The highest BCUT2D eigenvalue weighted by Gasteiger charge is 2.82. The number of ketones is 1. The molecule has 1 heterocycles. The van der Waals surface area contributed by atoms with Crippen LogP contribution in [0.3, 0.4) is 0 Å². The van der Waals surface area contributed by atoms with Crippen molar-refractivity contribution in [1.29, 1.82) is 0 Å². The summed E-state index contributed by atoms with van der Waals surface area (Å²) in [5, 5.41) is -0.553. The Balaban J connectivity index is 1.52. The Bertz CT molecular complexity index is 2120. The van der Waals surface area contributed by atoms with Crippen LogP contribution in [-0.4, -0.2) is 17.6 Å². The highest BCUT2D eigenvalue weighted by Crippen LogP contribution is 2.74. The lowest BCUT2D eigenvalue weighted by molar-refractivity contribution is -0.137. The van der Waals surface area contributed by atoms with Crippen molar-refractivity contribution in [2.45, 2.75) is 30.9 Å². The second-order valence-electron chi connectivity index (χ2n) is 13.3. The zero-order chi connectivity index (χ0) is 35.2. The fourth-order valence-electron chi connectivity index (χ4n) is 8.69. The molecule has 2 amide bonds. The van der Waals surface area contributed by atoms with Crippen LogP contribution in [0.15, 0.2) is 127 Å². The predicted molar refractivity (Wildman–Crippen MR) is 186 cm³/mol. The van der Waals surface area contributed by atoms with Gasteiger partial charge in [0.1, 0.15) is 0 Å². The second kappa shape index (κ2) is 11.1. The van der Waals surface area contributed by atoms with Gasteiger partial charge in [-0.1, -0.05) is 132 Å². The van der Waals surface area contributed by atoms with Crippen molar-refractivity contribution in [3.05, 3.63) is 171 Å². The quantitative estimate of drug-likeness (QED) is 0.173. The van der Waals surface area contributed by atoms with Gasteiger partial charge < -0.3 is 0 Å². The van der Waals surface area contributed by atoms with Crippen LogP contribution >= 0.6 is 11.6 Å². The number of carbonyl (C=O) groups excluding carboxylic acids is 3. The summed E-state index contributed by atoms with van der Waals surface area (Å²) in [7, 11) is 0. The zero-order valence-electron chi connectivity index (χ0n) is 27.0. The molecule has 0 aromatic heterocycles. The summed E-state index contributed by atoms with van der Waals surface area (Å²) in [4.78, 5) is 46.9.